The Morgan fingerprint density at radius 2 is 2.11 bits per heavy atom. The Morgan fingerprint density at radius 1 is 1.42 bits per heavy atom. The number of aliphatic hydroxyl groups is 1. The molecule has 1 saturated heterocycles. The van der Waals surface area contributed by atoms with Crippen LogP contribution in [0, 0.1) is 0 Å². The van der Waals surface area contributed by atoms with Crippen LogP contribution in [0.2, 0.25) is 0 Å². The summed E-state index contributed by atoms with van der Waals surface area (Å²) in [6, 6.07) is -0.254. The number of aliphatic hydroxyl groups excluding tert-OH is 1. The third kappa shape index (κ3) is 3.78. The van der Waals surface area contributed by atoms with Crippen LogP contribution in [0.1, 0.15) is 19.3 Å². The quantitative estimate of drug-likeness (QED) is 0.401. The predicted octanol–water partition coefficient (Wildman–Crippen LogP) is -0.412. The first-order valence-electron chi connectivity index (χ1n) is 5.80. The zero-order valence-corrected chi connectivity index (χ0v) is 10.9. The number of hydrogen-bond donors (Lipinski definition) is 1. The van der Waals surface area contributed by atoms with Crippen molar-refractivity contribution in [1.82, 2.24) is 4.90 Å². The Hall–Kier alpha value is -1.89. The minimum Gasteiger partial charge on any atom is -0.469 e. The number of carbonyl (C=O) groups is 3. The monoisotopic (exact) mass is 271 g/mol. The van der Waals surface area contributed by atoms with Crippen molar-refractivity contribution in [3.05, 3.63) is 12.2 Å². The maximum Gasteiger partial charge on any atom is 0.356 e. The molecule has 1 aliphatic heterocycles. The smallest absolute Gasteiger partial charge is 0.356 e. The second-order valence-electron chi connectivity index (χ2n) is 4.04. The Morgan fingerprint density at radius 3 is 2.63 bits per heavy atom. The van der Waals surface area contributed by atoms with Gasteiger partial charge in [-0.05, 0) is 6.42 Å². The van der Waals surface area contributed by atoms with E-state index in [4.69, 9.17) is 0 Å². The predicted molar refractivity (Wildman–Crippen MR) is 63.7 cm³/mol. The number of likely N-dealkylation sites (tertiary alicyclic amines) is 1. The molecule has 1 fully saturated rings. The van der Waals surface area contributed by atoms with Crippen molar-refractivity contribution in [3.63, 3.8) is 0 Å². The first-order valence-corrected chi connectivity index (χ1v) is 5.80. The van der Waals surface area contributed by atoms with Crippen LogP contribution >= 0.6 is 0 Å². The fourth-order valence-corrected chi connectivity index (χ4v) is 1.76. The lowest BCUT2D eigenvalue weighted by atomic mass is 9.97. The molecule has 0 spiro atoms. The van der Waals surface area contributed by atoms with Gasteiger partial charge in [0.25, 0.3) is 0 Å². The van der Waals surface area contributed by atoms with Crippen LogP contribution in [0.15, 0.2) is 12.2 Å². The number of hydrogen-bond acceptors (Lipinski definition) is 6. The molecule has 7 heteroatoms. The number of nitrogens with zero attached hydrogens (tertiary/aromatic N) is 1. The Labute approximate surface area is 110 Å². The van der Waals surface area contributed by atoms with E-state index in [0.29, 0.717) is 6.42 Å². The van der Waals surface area contributed by atoms with E-state index in [2.05, 4.69) is 9.47 Å². The highest BCUT2D eigenvalue weighted by Gasteiger charge is 2.42. The van der Waals surface area contributed by atoms with Crippen LogP contribution in [0.25, 0.3) is 0 Å². The van der Waals surface area contributed by atoms with E-state index in [1.54, 1.807) is 12.2 Å². The molecule has 1 amide bonds. The molecule has 0 aromatic heterocycles. The molecule has 0 aromatic carbocycles. The number of methoxy groups -OCH3 is 2. The van der Waals surface area contributed by atoms with Gasteiger partial charge in [0.2, 0.25) is 12.1 Å². The van der Waals surface area contributed by atoms with Crippen LogP contribution in [-0.4, -0.2) is 54.3 Å². The molecule has 1 rings (SSSR count). The number of β-lactam (4-membered cyclic amide) rings is 1. The number of carbonyl (C=O) groups excluding carboxylic acids is 3. The van der Waals surface area contributed by atoms with E-state index < -0.39 is 12.2 Å². The number of ether oxygens (including phenoxy) is 2. The highest BCUT2D eigenvalue weighted by atomic mass is 16.5. The third-order valence-electron chi connectivity index (χ3n) is 2.85. The molecule has 2 unspecified atom stereocenters. The third-order valence-corrected chi connectivity index (χ3v) is 2.85. The van der Waals surface area contributed by atoms with E-state index >= 15 is 0 Å². The van der Waals surface area contributed by atoms with E-state index in [0.717, 1.165) is 12.0 Å². The second kappa shape index (κ2) is 6.89. The molecule has 19 heavy (non-hydrogen) atoms. The highest BCUT2D eigenvalue weighted by molar-refractivity contribution is 5.88. The fraction of sp³-hybridized carbons (Fsp3) is 0.583. The van der Waals surface area contributed by atoms with E-state index in [9.17, 15) is 19.5 Å². The summed E-state index contributed by atoms with van der Waals surface area (Å²) in [4.78, 5) is 34.4. The lowest BCUT2D eigenvalue weighted by Gasteiger charge is -2.41. The lowest BCUT2D eigenvalue weighted by Crippen LogP contribution is -2.59. The van der Waals surface area contributed by atoms with Crippen LogP contribution < -0.4 is 0 Å². The molecule has 0 saturated carbocycles. The lowest BCUT2D eigenvalue weighted by molar-refractivity contribution is -0.181. The topological polar surface area (TPSA) is 93.1 Å². The van der Waals surface area contributed by atoms with Gasteiger partial charge in [0.05, 0.1) is 20.6 Å². The van der Waals surface area contributed by atoms with Crippen molar-refractivity contribution in [2.24, 2.45) is 0 Å². The van der Waals surface area contributed by atoms with Gasteiger partial charge in [-0.3, -0.25) is 9.59 Å². The van der Waals surface area contributed by atoms with Crippen molar-refractivity contribution >= 4 is 17.8 Å². The van der Waals surface area contributed by atoms with Gasteiger partial charge >= 0.3 is 11.9 Å². The molecule has 0 aromatic rings. The van der Waals surface area contributed by atoms with Crippen LogP contribution in [0.5, 0.6) is 0 Å². The van der Waals surface area contributed by atoms with E-state index in [1.807, 2.05) is 0 Å². The molecule has 1 N–H and O–H groups in total. The minimum absolute atomic E-state index is 0.150. The van der Waals surface area contributed by atoms with Gasteiger partial charge in [0.15, 0.2) is 0 Å². The molecular formula is C12H17NO6. The molecule has 0 aliphatic carbocycles. The van der Waals surface area contributed by atoms with Gasteiger partial charge in [-0.15, -0.1) is 0 Å². The van der Waals surface area contributed by atoms with Gasteiger partial charge in [0.1, 0.15) is 0 Å². The minimum atomic E-state index is -1.56. The summed E-state index contributed by atoms with van der Waals surface area (Å²) in [5.41, 5.74) is 0. The van der Waals surface area contributed by atoms with Crippen molar-refractivity contribution in [2.75, 3.05) is 14.2 Å². The van der Waals surface area contributed by atoms with Gasteiger partial charge in [-0.1, -0.05) is 12.2 Å². The summed E-state index contributed by atoms with van der Waals surface area (Å²) in [5.74, 6) is -1.52. The zero-order valence-electron chi connectivity index (χ0n) is 10.9. The van der Waals surface area contributed by atoms with Crippen molar-refractivity contribution in [1.29, 1.82) is 0 Å². The van der Waals surface area contributed by atoms with Crippen LogP contribution in [0.4, 0.5) is 0 Å². The average Bonchev–Trinajstić information content (AvgIpc) is 2.40. The first-order chi connectivity index (χ1) is 9.01. The maximum absolute atomic E-state index is 11.3. The van der Waals surface area contributed by atoms with Crippen LogP contribution in [-0.2, 0) is 23.9 Å². The largest absolute Gasteiger partial charge is 0.469 e. The molecule has 2 atom stereocenters. The number of rotatable bonds is 6. The van der Waals surface area contributed by atoms with Gasteiger partial charge < -0.3 is 19.5 Å². The Balaban J connectivity index is 2.45. The van der Waals surface area contributed by atoms with E-state index in [-0.39, 0.29) is 30.8 Å². The maximum atomic E-state index is 11.3. The highest BCUT2D eigenvalue weighted by Crippen LogP contribution is 2.25. The van der Waals surface area contributed by atoms with E-state index in [1.165, 1.54) is 7.11 Å². The van der Waals surface area contributed by atoms with Gasteiger partial charge in [-0.2, -0.15) is 0 Å². The second-order valence-corrected chi connectivity index (χ2v) is 4.04. The SMILES string of the molecule is COC(=O)C/C=C/CC1CC(=O)N1C(O)C(=O)OC. The van der Waals surface area contributed by atoms with Crippen LogP contribution in [0.3, 0.4) is 0 Å². The van der Waals surface area contributed by atoms with Crippen molar-refractivity contribution in [3.8, 4) is 0 Å². The van der Waals surface area contributed by atoms with Crippen molar-refractivity contribution < 1.29 is 29.0 Å². The normalized spacial score (nSPS) is 20.1. The number of amides is 1. The summed E-state index contributed by atoms with van der Waals surface area (Å²) < 4.78 is 8.84. The summed E-state index contributed by atoms with van der Waals surface area (Å²) in [6.07, 6.45) is 2.64. The molecule has 0 bridgehead atoms. The molecule has 7 nitrogen and oxygen atoms in total. The molecule has 106 valence electrons. The summed E-state index contributed by atoms with van der Waals surface area (Å²) >= 11 is 0. The average molecular weight is 271 g/mol. The fourth-order valence-electron chi connectivity index (χ4n) is 1.76. The Bertz CT molecular complexity index is 392. The molecule has 0 radical (unpaired) electrons. The van der Waals surface area contributed by atoms with Gasteiger partial charge in [0, 0.05) is 12.5 Å². The molecular weight excluding hydrogens is 254 g/mol. The number of esters is 2. The van der Waals surface area contributed by atoms with Gasteiger partial charge in [-0.25, -0.2) is 4.79 Å². The Kier molecular flexibility index (Phi) is 5.50. The molecule has 1 aliphatic rings. The summed E-state index contributed by atoms with van der Waals surface area (Å²) in [5, 5.41) is 9.59. The zero-order chi connectivity index (χ0) is 14.4. The van der Waals surface area contributed by atoms with Crippen molar-refractivity contribution in [2.45, 2.75) is 31.5 Å². The summed E-state index contributed by atoms with van der Waals surface area (Å²) in [7, 11) is 2.44. The first kappa shape index (κ1) is 15.2. The summed E-state index contributed by atoms with van der Waals surface area (Å²) in [6.45, 7) is 0. The standard InChI is InChI=1S/C12H17NO6/c1-18-10(15)6-4-3-5-8-7-9(14)13(8)11(16)12(17)19-2/h3-4,8,11,16H,5-7H2,1-2H3/b4-3+. The molecule has 1 heterocycles.